The van der Waals surface area contributed by atoms with Crippen LogP contribution in [0.3, 0.4) is 0 Å². The monoisotopic (exact) mass is 289 g/mol. The number of aryl methyl sites for hydroxylation is 1. The SMILES string of the molecule is O=C1c2ccccc2CCC1c1cc(=O)c2ccccc2[nH]1. The Morgan fingerprint density at radius 1 is 0.955 bits per heavy atom. The van der Waals surface area contributed by atoms with E-state index in [0.29, 0.717) is 5.39 Å². The lowest BCUT2D eigenvalue weighted by molar-refractivity contribution is 0.0944. The molecule has 4 rings (SSSR count). The zero-order chi connectivity index (χ0) is 15.1. The number of nitrogens with one attached hydrogen (secondary N) is 1. The molecule has 0 saturated heterocycles. The number of rotatable bonds is 1. The highest BCUT2D eigenvalue weighted by Crippen LogP contribution is 2.31. The fourth-order valence-electron chi connectivity index (χ4n) is 3.30. The van der Waals surface area contributed by atoms with Crippen LogP contribution in [0.1, 0.15) is 34.0 Å². The predicted octanol–water partition coefficient (Wildman–Crippen LogP) is 3.44. The van der Waals surface area contributed by atoms with Crippen LogP contribution in [0.5, 0.6) is 0 Å². The first kappa shape index (κ1) is 13.0. The molecule has 0 radical (unpaired) electrons. The summed E-state index contributed by atoms with van der Waals surface area (Å²) in [7, 11) is 0. The molecule has 3 nitrogen and oxygen atoms in total. The molecule has 3 aromatic rings. The molecule has 1 aliphatic rings. The highest BCUT2D eigenvalue weighted by molar-refractivity contribution is 6.03. The molecule has 2 aromatic carbocycles. The van der Waals surface area contributed by atoms with Crippen molar-refractivity contribution in [1.82, 2.24) is 4.98 Å². The summed E-state index contributed by atoms with van der Waals surface area (Å²) in [5, 5.41) is 0.662. The van der Waals surface area contributed by atoms with Crippen molar-refractivity contribution < 1.29 is 4.79 Å². The van der Waals surface area contributed by atoms with Crippen molar-refractivity contribution in [1.29, 1.82) is 0 Å². The molecule has 1 atom stereocenters. The Morgan fingerprint density at radius 3 is 2.64 bits per heavy atom. The average Bonchev–Trinajstić information content (AvgIpc) is 2.55. The van der Waals surface area contributed by atoms with Crippen LogP contribution in [0.2, 0.25) is 0 Å². The third-order valence-corrected chi connectivity index (χ3v) is 4.44. The molecule has 108 valence electrons. The molecule has 1 unspecified atom stereocenters. The Morgan fingerprint density at radius 2 is 1.73 bits per heavy atom. The van der Waals surface area contributed by atoms with Crippen LogP contribution in [0, 0.1) is 0 Å². The van der Waals surface area contributed by atoms with Gasteiger partial charge >= 0.3 is 0 Å². The number of Topliss-reactive ketones (excluding diaryl/α,β-unsaturated/α-hetero) is 1. The summed E-state index contributed by atoms with van der Waals surface area (Å²) in [4.78, 5) is 28.3. The number of carbonyl (C=O) groups excluding carboxylic acids is 1. The van der Waals surface area contributed by atoms with E-state index in [2.05, 4.69) is 4.98 Å². The number of pyridine rings is 1. The first-order valence-electron chi connectivity index (χ1n) is 7.48. The lowest BCUT2D eigenvalue weighted by atomic mass is 9.81. The van der Waals surface area contributed by atoms with E-state index in [0.717, 1.165) is 35.2 Å². The zero-order valence-electron chi connectivity index (χ0n) is 12.0. The molecule has 1 aliphatic carbocycles. The number of ketones is 1. The molecular weight excluding hydrogens is 274 g/mol. The van der Waals surface area contributed by atoms with Crippen molar-refractivity contribution in [2.45, 2.75) is 18.8 Å². The van der Waals surface area contributed by atoms with Crippen molar-refractivity contribution in [3.8, 4) is 0 Å². The first-order valence-corrected chi connectivity index (χ1v) is 7.48. The molecule has 1 heterocycles. The second kappa shape index (κ2) is 4.95. The Balaban J connectivity index is 1.83. The maximum atomic E-state index is 12.7. The van der Waals surface area contributed by atoms with Gasteiger partial charge in [-0.2, -0.15) is 0 Å². The van der Waals surface area contributed by atoms with Crippen molar-refractivity contribution in [2.24, 2.45) is 0 Å². The highest BCUT2D eigenvalue weighted by Gasteiger charge is 2.29. The Bertz CT molecular complexity index is 939. The predicted molar refractivity (Wildman–Crippen MR) is 86.4 cm³/mol. The number of carbonyl (C=O) groups is 1. The zero-order valence-corrected chi connectivity index (χ0v) is 12.0. The van der Waals surface area contributed by atoms with Crippen LogP contribution in [0.15, 0.2) is 59.4 Å². The lowest BCUT2D eigenvalue weighted by Crippen LogP contribution is -2.23. The number of benzene rings is 2. The van der Waals surface area contributed by atoms with Crippen LogP contribution in [0.25, 0.3) is 10.9 Å². The molecule has 0 aliphatic heterocycles. The van der Waals surface area contributed by atoms with E-state index in [1.807, 2.05) is 42.5 Å². The fourth-order valence-corrected chi connectivity index (χ4v) is 3.30. The van der Waals surface area contributed by atoms with Gasteiger partial charge < -0.3 is 4.98 Å². The molecule has 0 saturated carbocycles. The summed E-state index contributed by atoms with van der Waals surface area (Å²) < 4.78 is 0. The number of hydrogen-bond acceptors (Lipinski definition) is 2. The quantitative estimate of drug-likeness (QED) is 0.746. The smallest absolute Gasteiger partial charge is 0.189 e. The van der Waals surface area contributed by atoms with E-state index in [-0.39, 0.29) is 17.1 Å². The highest BCUT2D eigenvalue weighted by atomic mass is 16.1. The van der Waals surface area contributed by atoms with Crippen LogP contribution in [0.4, 0.5) is 0 Å². The van der Waals surface area contributed by atoms with Crippen molar-refractivity contribution in [2.75, 3.05) is 0 Å². The minimum Gasteiger partial charge on any atom is -0.358 e. The molecule has 3 heteroatoms. The molecule has 22 heavy (non-hydrogen) atoms. The van der Waals surface area contributed by atoms with Gasteiger partial charge in [0.05, 0.1) is 5.92 Å². The molecule has 1 N–H and O–H groups in total. The van der Waals surface area contributed by atoms with Crippen molar-refractivity contribution in [3.05, 3.63) is 81.6 Å². The third kappa shape index (κ3) is 1.98. The number of hydrogen-bond donors (Lipinski definition) is 1. The van der Waals surface area contributed by atoms with Crippen molar-refractivity contribution >= 4 is 16.7 Å². The number of aromatic nitrogens is 1. The molecule has 1 aromatic heterocycles. The van der Waals surface area contributed by atoms with E-state index >= 15 is 0 Å². The summed E-state index contributed by atoms with van der Waals surface area (Å²) in [5.74, 6) is -0.153. The van der Waals surface area contributed by atoms with E-state index in [4.69, 9.17) is 0 Å². The fraction of sp³-hybridized carbons (Fsp3) is 0.158. The topological polar surface area (TPSA) is 49.9 Å². The Hall–Kier alpha value is -2.68. The van der Waals surface area contributed by atoms with E-state index in [1.165, 1.54) is 0 Å². The van der Waals surface area contributed by atoms with Gasteiger partial charge in [-0.25, -0.2) is 0 Å². The largest absolute Gasteiger partial charge is 0.358 e. The number of fused-ring (bicyclic) bond motifs is 2. The standard InChI is InChI=1S/C19H15NO2/c21-18-11-17(20-16-8-4-3-7-14(16)18)15-10-9-12-5-1-2-6-13(12)19(15)22/h1-8,11,15H,9-10H2,(H,20,21). The summed E-state index contributed by atoms with van der Waals surface area (Å²) in [6, 6.07) is 16.7. The second-order valence-electron chi connectivity index (χ2n) is 5.75. The second-order valence-corrected chi connectivity index (χ2v) is 5.75. The lowest BCUT2D eigenvalue weighted by Gasteiger charge is -2.23. The molecule has 0 fully saturated rings. The van der Waals surface area contributed by atoms with Gasteiger partial charge in [-0.15, -0.1) is 0 Å². The normalized spacial score (nSPS) is 17.5. The minimum absolute atomic E-state index is 0.0315. The van der Waals surface area contributed by atoms with Gasteiger partial charge in [-0.1, -0.05) is 36.4 Å². The summed E-state index contributed by atoms with van der Waals surface area (Å²) in [6.45, 7) is 0. The van der Waals surface area contributed by atoms with Gasteiger partial charge in [-0.3, -0.25) is 9.59 Å². The van der Waals surface area contributed by atoms with E-state index in [1.54, 1.807) is 12.1 Å². The van der Waals surface area contributed by atoms with Gasteiger partial charge in [0.1, 0.15) is 0 Å². The molecular formula is C19H15NO2. The van der Waals surface area contributed by atoms with Gasteiger partial charge in [-0.05, 0) is 30.5 Å². The summed E-state index contributed by atoms with van der Waals surface area (Å²) >= 11 is 0. The van der Waals surface area contributed by atoms with Gasteiger partial charge in [0.25, 0.3) is 0 Å². The summed E-state index contributed by atoms with van der Waals surface area (Å²) in [6.07, 6.45) is 1.60. The first-order chi connectivity index (χ1) is 10.7. The Kier molecular flexibility index (Phi) is 2.93. The number of para-hydroxylation sites is 1. The molecule has 0 bridgehead atoms. The molecule has 0 amide bonds. The van der Waals surface area contributed by atoms with Crippen LogP contribution in [-0.2, 0) is 6.42 Å². The van der Waals surface area contributed by atoms with Crippen LogP contribution in [-0.4, -0.2) is 10.8 Å². The third-order valence-electron chi connectivity index (χ3n) is 4.44. The van der Waals surface area contributed by atoms with E-state index < -0.39 is 0 Å². The number of H-pyrrole nitrogens is 1. The molecule has 0 spiro atoms. The Labute approximate surface area is 127 Å². The number of aromatic amines is 1. The average molecular weight is 289 g/mol. The minimum atomic E-state index is -0.257. The van der Waals surface area contributed by atoms with Crippen molar-refractivity contribution in [3.63, 3.8) is 0 Å². The maximum Gasteiger partial charge on any atom is 0.189 e. The summed E-state index contributed by atoms with van der Waals surface area (Å²) in [5.41, 5.74) is 3.37. The van der Waals surface area contributed by atoms with Crippen LogP contribution < -0.4 is 5.43 Å². The van der Waals surface area contributed by atoms with Gasteiger partial charge in [0.15, 0.2) is 11.2 Å². The maximum absolute atomic E-state index is 12.7. The van der Waals surface area contributed by atoms with Gasteiger partial charge in [0, 0.05) is 28.2 Å². The van der Waals surface area contributed by atoms with E-state index in [9.17, 15) is 9.59 Å². The van der Waals surface area contributed by atoms with Crippen LogP contribution >= 0.6 is 0 Å². The van der Waals surface area contributed by atoms with Gasteiger partial charge in [0.2, 0.25) is 0 Å².